The van der Waals surface area contributed by atoms with Gasteiger partial charge < -0.3 is 39.1 Å². The number of nitrogens with two attached hydrogens (primary N) is 1. The molecular formula is C32H59N3O13Si. The predicted molar refractivity (Wildman–Crippen MR) is 183 cm³/mol. The highest BCUT2D eigenvalue weighted by Gasteiger charge is 2.39. The third-order valence-electron chi connectivity index (χ3n) is 5.97. The van der Waals surface area contributed by atoms with Crippen LogP contribution in [0.2, 0.25) is 6.04 Å². The number of carboxylic acid groups (broad SMARTS) is 1. The van der Waals surface area contributed by atoms with Crippen LogP contribution in [0.1, 0.15) is 98.3 Å². The minimum Gasteiger partial charge on any atom is -0.481 e. The number of isocyanates is 1. The Kier molecular flexibility index (Phi) is 37.0. The van der Waals surface area contributed by atoms with E-state index in [0.29, 0.717) is 45.6 Å². The zero-order valence-electron chi connectivity index (χ0n) is 29.7. The van der Waals surface area contributed by atoms with E-state index < -0.39 is 26.7 Å². The molecule has 284 valence electrons. The summed E-state index contributed by atoms with van der Waals surface area (Å²) in [6.45, 7) is 10.8. The van der Waals surface area contributed by atoms with Gasteiger partial charge in [-0.2, -0.15) is 0 Å². The van der Waals surface area contributed by atoms with Crippen LogP contribution in [0.3, 0.4) is 0 Å². The van der Waals surface area contributed by atoms with E-state index in [1.807, 2.05) is 20.8 Å². The second kappa shape index (κ2) is 36.1. The number of aliphatic hydroxyl groups excluding tert-OH is 2. The van der Waals surface area contributed by atoms with Gasteiger partial charge >= 0.3 is 20.7 Å². The summed E-state index contributed by atoms with van der Waals surface area (Å²) in [7, 11) is -2.54. The summed E-state index contributed by atoms with van der Waals surface area (Å²) in [5.41, 5.74) is 5.25. The van der Waals surface area contributed by atoms with Crippen molar-refractivity contribution in [1.82, 2.24) is 4.90 Å². The fourth-order valence-corrected chi connectivity index (χ4v) is 6.44. The standard InChI is InChI=1S/C10H21NO4Si.C10H15NO3.C6H15NO.C4H4O3.C2H4O2/c1-4-13-16(14-5-2,15-6-3)9-7-8-11-10-12;12-8-4-2-1-3-7-11-9(13)5-6-10(11)14;7-5-3-1-2-4-6-8;5-3-1-2-4(6)7-3;1-2(3)4/h4-9H2,1-3H3;5-6,12H,1-4,7-8H2;8H,1-7H2;1-2H2;1H3,(H,3,4). The van der Waals surface area contributed by atoms with Gasteiger partial charge in [0.15, 0.2) is 0 Å². The Morgan fingerprint density at radius 3 is 1.61 bits per heavy atom. The number of ether oxygens (including phenoxy) is 1. The van der Waals surface area contributed by atoms with E-state index in [0.717, 1.165) is 71.3 Å². The number of carbonyl (C=O) groups excluding carboxylic acids is 5. The summed E-state index contributed by atoms with van der Waals surface area (Å²) in [5.74, 6) is -2.05. The lowest BCUT2D eigenvalue weighted by atomic mass is 10.2. The lowest BCUT2D eigenvalue weighted by Crippen LogP contribution is -2.46. The van der Waals surface area contributed by atoms with Gasteiger partial charge in [-0.3, -0.25) is 28.9 Å². The number of carbonyl (C=O) groups is 5. The van der Waals surface area contributed by atoms with Crippen molar-refractivity contribution in [1.29, 1.82) is 0 Å². The minimum absolute atomic E-state index is 0.211. The summed E-state index contributed by atoms with van der Waals surface area (Å²) >= 11 is 0. The van der Waals surface area contributed by atoms with Crippen LogP contribution >= 0.6 is 0 Å². The Hall–Kier alpha value is -3.15. The third-order valence-corrected chi connectivity index (χ3v) is 9.13. The molecule has 0 radical (unpaired) electrons. The topological polar surface area (TPSA) is 242 Å². The number of hydrogen-bond acceptors (Lipinski definition) is 14. The van der Waals surface area contributed by atoms with E-state index in [1.165, 1.54) is 23.1 Å². The van der Waals surface area contributed by atoms with Crippen LogP contribution in [-0.2, 0) is 46.8 Å². The molecule has 0 saturated carbocycles. The van der Waals surface area contributed by atoms with E-state index in [4.69, 9.17) is 39.1 Å². The van der Waals surface area contributed by atoms with E-state index in [9.17, 15) is 24.0 Å². The van der Waals surface area contributed by atoms with Gasteiger partial charge in [-0.15, -0.1) is 0 Å². The normalized spacial score (nSPS) is 13.1. The molecule has 2 heterocycles. The van der Waals surface area contributed by atoms with Crippen LogP contribution in [0.4, 0.5) is 0 Å². The second-order valence-electron chi connectivity index (χ2n) is 10.1. The summed E-state index contributed by atoms with van der Waals surface area (Å²) < 4.78 is 21.0. The molecule has 2 aliphatic heterocycles. The van der Waals surface area contributed by atoms with Gasteiger partial charge in [0.25, 0.3) is 17.8 Å². The van der Waals surface area contributed by atoms with Crippen LogP contribution in [0.15, 0.2) is 17.1 Å². The summed E-state index contributed by atoms with van der Waals surface area (Å²) in [6, 6.07) is 0.688. The first-order chi connectivity index (χ1) is 23.4. The monoisotopic (exact) mass is 721 g/mol. The van der Waals surface area contributed by atoms with Crippen LogP contribution in [-0.4, -0.2) is 117 Å². The molecule has 2 amide bonds. The number of unbranched alkanes of at least 4 members (excludes halogenated alkanes) is 6. The molecule has 2 aliphatic rings. The first-order valence-electron chi connectivity index (χ1n) is 16.8. The fraction of sp³-hybridized carbons (Fsp3) is 0.750. The molecule has 0 bridgehead atoms. The summed E-state index contributed by atoms with van der Waals surface area (Å²) in [4.78, 5) is 65.9. The number of imide groups is 1. The molecule has 2 rings (SSSR count). The predicted octanol–water partition coefficient (Wildman–Crippen LogP) is 2.66. The zero-order valence-corrected chi connectivity index (χ0v) is 30.7. The Bertz CT molecular complexity index is 917. The summed E-state index contributed by atoms with van der Waals surface area (Å²) in [5, 5.41) is 24.3. The second-order valence-corrected chi connectivity index (χ2v) is 12.9. The van der Waals surface area contributed by atoms with Gasteiger partial charge in [0.1, 0.15) is 0 Å². The maximum Gasteiger partial charge on any atom is 0.500 e. The van der Waals surface area contributed by atoms with Gasteiger partial charge in [0.2, 0.25) is 6.08 Å². The molecule has 1 fully saturated rings. The van der Waals surface area contributed by atoms with Gasteiger partial charge in [0.05, 0.1) is 19.4 Å². The Balaban J connectivity index is -0.000000579. The highest BCUT2D eigenvalue weighted by molar-refractivity contribution is 6.60. The molecule has 1 saturated heterocycles. The molecule has 17 heteroatoms. The van der Waals surface area contributed by atoms with Crippen LogP contribution < -0.4 is 5.73 Å². The largest absolute Gasteiger partial charge is 0.500 e. The highest BCUT2D eigenvalue weighted by atomic mass is 28.4. The van der Waals surface area contributed by atoms with Crippen molar-refractivity contribution >= 4 is 44.6 Å². The van der Waals surface area contributed by atoms with Gasteiger partial charge in [0, 0.05) is 64.7 Å². The minimum atomic E-state index is -2.54. The molecule has 0 atom stereocenters. The Morgan fingerprint density at radius 1 is 0.837 bits per heavy atom. The average Bonchev–Trinajstić information content (AvgIpc) is 3.60. The molecule has 0 aromatic heterocycles. The van der Waals surface area contributed by atoms with E-state index >= 15 is 0 Å². The van der Waals surface area contributed by atoms with Crippen molar-refractivity contribution in [2.24, 2.45) is 10.7 Å². The lowest BCUT2D eigenvalue weighted by molar-refractivity contribution is -0.152. The number of carboxylic acids is 1. The van der Waals surface area contributed by atoms with Crippen molar-refractivity contribution in [3.05, 3.63) is 12.2 Å². The number of aliphatic carboxylic acids is 1. The zero-order chi connectivity index (χ0) is 37.8. The van der Waals surface area contributed by atoms with E-state index in [-0.39, 0.29) is 31.3 Å². The molecule has 0 spiro atoms. The molecule has 0 aromatic carbocycles. The summed E-state index contributed by atoms with van der Waals surface area (Å²) in [6.07, 6.45) is 13.2. The maximum absolute atomic E-state index is 11.1. The van der Waals surface area contributed by atoms with Crippen LogP contribution in [0.5, 0.6) is 0 Å². The third kappa shape index (κ3) is 33.1. The van der Waals surface area contributed by atoms with E-state index in [2.05, 4.69) is 9.73 Å². The van der Waals surface area contributed by atoms with Crippen molar-refractivity contribution in [3.8, 4) is 0 Å². The maximum atomic E-state index is 11.1. The SMILES string of the molecule is CC(=O)O.CCO[Si](CCCN=C=O)(OCC)OCC.NCCCCCCO.O=C1C=CC(=O)N1CCCCCCO.O=C1CCC(=O)O1. The number of aliphatic imine (C=N–C) groups is 1. The molecule has 0 aliphatic carbocycles. The molecular weight excluding hydrogens is 662 g/mol. The van der Waals surface area contributed by atoms with Crippen molar-refractivity contribution in [2.45, 2.75) is 104 Å². The number of rotatable bonds is 21. The number of nitrogens with zero attached hydrogens (tertiary/aromatic N) is 2. The van der Waals surface area contributed by atoms with Crippen LogP contribution in [0.25, 0.3) is 0 Å². The molecule has 5 N–H and O–H groups in total. The first-order valence-corrected chi connectivity index (χ1v) is 18.7. The molecule has 49 heavy (non-hydrogen) atoms. The van der Waals surface area contributed by atoms with Crippen molar-refractivity contribution in [3.63, 3.8) is 0 Å². The van der Waals surface area contributed by atoms with E-state index in [1.54, 1.807) is 0 Å². The number of hydrogen-bond donors (Lipinski definition) is 4. The smallest absolute Gasteiger partial charge is 0.481 e. The molecule has 0 unspecified atom stereocenters. The number of amides is 2. The van der Waals surface area contributed by atoms with Crippen molar-refractivity contribution in [2.75, 3.05) is 52.7 Å². The number of aliphatic hydroxyl groups is 2. The molecule has 0 aromatic rings. The average molecular weight is 722 g/mol. The number of cyclic esters (lactones) is 2. The van der Waals surface area contributed by atoms with Gasteiger partial charge in [-0.05, 0) is 59.4 Å². The van der Waals surface area contributed by atoms with Gasteiger partial charge in [-0.1, -0.05) is 25.7 Å². The van der Waals surface area contributed by atoms with Crippen LogP contribution in [0, 0.1) is 0 Å². The van der Waals surface area contributed by atoms with Gasteiger partial charge in [-0.25, -0.2) is 9.79 Å². The lowest BCUT2D eigenvalue weighted by Gasteiger charge is -2.28. The van der Waals surface area contributed by atoms with Crippen molar-refractivity contribution < 1.29 is 62.1 Å². The highest BCUT2D eigenvalue weighted by Crippen LogP contribution is 2.18. The number of esters is 2. The molecule has 16 nitrogen and oxygen atoms in total. The Labute approximate surface area is 291 Å². The fourth-order valence-electron chi connectivity index (χ4n) is 3.85. The first kappa shape index (κ1) is 50.2. The quantitative estimate of drug-likeness (QED) is 0.0253. The Morgan fingerprint density at radius 2 is 1.27 bits per heavy atom.